The fourth-order valence-corrected chi connectivity index (χ4v) is 6.55. The lowest BCUT2D eigenvalue weighted by molar-refractivity contribution is 1.10. The Morgan fingerprint density at radius 3 is 1.56 bits per heavy atom. The van der Waals surface area contributed by atoms with E-state index in [2.05, 4.69) is 105 Å². The van der Waals surface area contributed by atoms with Gasteiger partial charge in [0.2, 0.25) is 0 Å². The summed E-state index contributed by atoms with van der Waals surface area (Å²) < 4.78 is 0. The summed E-state index contributed by atoms with van der Waals surface area (Å²) in [4.78, 5) is 0. The normalized spacial score (nSPS) is 10.8. The van der Waals surface area contributed by atoms with Crippen molar-refractivity contribution in [3.05, 3.63) is 90.5 Å². The molecule has 144 valence electrons. The standard InChI is InChI=1S/C23H27PSi.2ClH/c1-25(2,3)19-18-20-12-10-11-17-23(20)24(21-13-6-4-7-14-21)22-15-8-5-9-16-22;;/h4-17H,18-19H2,1-3H3;2*1H. The lowest BCUT2D eigenvalue weighted by Gasteiger charge is -2.23. The van der Waals surface area contributed by atoms with Crippen LogP contribution in [0.2, 0.25) is 25.7 Å². The zero-order chi connectivity index (χ0) is 17.7. The van der Waals surface area contributed by atoms with E-state index < -0.39 is 16.0 Å². The number of halogens is 2. The Morgan fingerprint density at radius 2 is 1.07 bits per heavy atom. The minimum atomic E-state index is -1.05. The molecule has 3 aromatic carbocycles. The maximum Gasteiger partial charge on any atom is 0.0445 e. The van der Waals surface area contributed by atoms with Gasteiger partial charge in [0.25, 0.3) is 0 Å². The van der Waals surface area contributed by atoms with E-state index in [0.29, 0.717) is 0 Å². The van der Waals surface area contributed by atoms with Crippen molar-refractivity contribution in [1.82, 2.24) is 0 Å². The summed E-state index contributed by atoms with van der Waals surface area (Å²) in [5.41, 5.74) is 1.53. The van der Waals surface area contributed by atoms with Gasteiger partial charge in [0.1, 0.15) is 0 Å². The lowest BCUT2D eigenvalue weighted by Crippen LogP contribution is -2.25. The van der Waals surface area contributed by atoms with Crippen molar-refractivity contribution >= 4 is 56.7 Å². The van der Waals surface area contributed by atoms with Gasteiger partial charge in [-0.1, -0.05) is 111 Å². The fourth-order valence-electron chi connectivity index (χ4n) is 3.03. The predicted molar refractivity (Wildman–Crippen MR) is 132 cm³/mol. The fraction of sp³-hybridized carbons (Fsp3) is 0.217. The molecule has 0 aromatic heterocycles. The van der Waals surface area contributed by atoms with E-state index in [-0.39, 0.29) is 24.8 Å². The largest absolute Gasteiger partial charge is 0.147 e. The smallest absolute Gasteiger partial charge is 0.0445 e. The van der Waals surface area contributed by atoms with Crippen LogP contribution in [0.25, 0.3) is 0 Å². The highest BCUT2D eigenvalue weighted by Crippen LogP contribution is 2.34. The van der Waals surface area contributed by atoms with Gasteiger partial charge in [-0.2, -0.15) is 0 Å². The summed E-state index contributed by atoms with van der Waals surface area (Å²) in [5.74, 6) is 0. The quantitative estimate of drug-likeness (QED) is 0.321. The highest BCUT2D eigenvalue weighted by atomic mass is 35.5. The van der Waals surface area contributed by atoms with Crippen LogP contribution in [0, 0.1) is 0 Å². The molecule has 0 heterocycles. The van der Waals surface area contributed by atoms with Gasteiger partial charge in [-0.05, 0) is 35.8 Å². The summed E-state index contributed by atoms with van der Waals surface area (Å²) >= 11 is 0. The molecular formula is C23H29Cl2PSi. The van der Waals surface area contributed by atoms with Crippen molar-refractivity contribution in [2.75, 3.05) is 0 Å². The summed E-state index contributed by atoms with van der Waals surface area (Å²) in [5, 5.41) is 4.39. The second-order valence-electron chi connectivity index (χ2n) is 7.70. The van der Waals surface area contributed by atoms with Gasteiger partial charge < -0.3 is 0 Å². The Kier molecular flexibility index (Phi) is 9.77. The molecule has 0 fully saturated rings. The van der Waals surface area contributed by atoms with E-state index in [0.717, 1.165) is 0 Å². The zero-order valence-corrected chi connectivity index (χ0v) is 19.8. The molecule has 3 aromatic rings. The highest BCUT2D eigenvalue weighted by molar-refractivity contribution is 7.79. The molecule has 0 bridgehead atoms. The number of benzene rings is 3. The van der Waals surface area contributed by atoms with E-state index in [1.807, 2.05) is 0 Å². The number of aryl methyl sites for hydroxylation is 1. The first-order valence-electron chi connectivity index (χ1n) is 9.03. The topological polar surface area (TPSA) is 0 Å². The summed E-state index contributed by atoms with van der Waals surface area (Å²) in [6.45, 7) is 7.40. The van der Waals surface area contributed by atoms with Crippen molar-refractivity contribution in [3.8, 4) is 0 Å². The highest BCUT2D eigenvalue weighted by Gasteiger charge is 2.20. The molecule has 0 N–H and O–H groups in total. The molecule has 0 aliphatic rings. The monoisotopic (exact) mass is 434 g/mol. The maximum atomic E-state index is 2.47. The average molecular weight is 435 g/mol. The lowest BCUT2D eigenvalue weighted by atomic mass is 10.2. The molecule has 0 saturated heterocycles. The molecule has 3 rings (SSSR count). The van der Waals surface area contributed by atoms with Crippen LogP contribution < -0.4 is 15.9 Å². The molecule has 0 aliphatic carbocycles. The van der Waals surface area contributed by atoms with Crippen LogP contribution in [0.3, 0.4) is 0 Å². The van der Waals surface area contributed by atoms with Gasteiger partial charge in [-0.15, -0.1) is 24.8 Å². The van der Waals surface area contributed by atoms with Gasteiger partial charge in [-0.3, -0.25) is 0 Å². The van der Waals surface area contributed by atoms with Gasteiger partial charge in [0.15, 0.2) is 0 Å². The Bertz CT molecular complexity index is 762. The molecule has 0 aliphatic heterocycles. The third-order valence-corrected chi connectivity index (χ3v) is 8.70. The molecular weight excluding hydrogens is 406 g/mol. The molecule has 0 nitrogen and oxygen atoms in total. The molecule has 0 atom stereocenters. The van der Waals surface area contributed by atoms with Crippen LogP contribution in [0.4, 0.5) is 0 Å². The van der Waals surface area contributed by atoms with Crippen molar-refractivity contribution in [1.29, 1.82) is 0 Å². The van der Waals surface area contributed by atoms with Crippen molar-refractivity contribution < 1.29 is 0 Å². The number of rotatable bonds is 6. The summed E-state index contributed by atoms with van der Waals surface area (Å²) in [6, 6.07) is 32.5. The van der Waals surface area contributed by atoms with Crippen LogP contribution in [0.1, 0.15) is 5.56 Å². The van der Waals surface area contributed by atoms with E-state index in [1.54, 1.807) is 0 Å². The minimum absolute atomic E-state index is 0. The Hall–Kier alpha value is -1.11. The second kappa shape index (κ2) is 11.0. The predicted octanol–water partition coefficient (Wildman–Crippen LogP) is 6.17. The maximum absolute atomic E-state index is 2.47. The first-order valence-corrected chi connectivity index (χ1v) is 14.1. The molecule has 0 unspecified atom stereocenters. The molecule has 0 radical (unpaired) electrons. The van der Waals surface area contributed by atoms with E-state index in [1.165, 1.54) is 33.9 Å². The number of hydrogen-bond acceptors (Lipinski definition) is 0. The summed E-state index contributed by atoms with van der Waals surface area (Å²) in [7, 11) is -1.55. The molecule has 0 saturated carbocycles. The molecule has 0 spiro atoms. The third kappa shape index (κ3) is 6.77. The first-order chi connectivity index (χ1) is 12.0. The van der Waals surface area contributed by atoms with Gasteiger partial charge in [0.05, 0.1) is 0 Å². The van der Waals surface area contributed by atoms with Crippen LogP contribution >= 0.6 is 32.7 Å². The summed E-state index contributed by atoms with van der Waals surface area (Å²) in [6.07, 6.45) is 1.20. The SMILES string of the molecule is C[Si](C)(C)CCc1ccccc1P(c1ccccc1)c1ccccc1.Cl.Cl. The van der Waals surface area contributed by atoms with Crippen molar-refractivity contribution in [2.45, 2.75) is 32.1 Å². The van der Waals surface area contributed by atoms with Crippen LogP contribution in [-0.2, 0) is 6.42 Å². The first kappa shape index (κ1) is 23.9. The Morgan fingerprint density at radius 1 is 0.630 bits per heavy atom. The number of hydrogen-bond donors (Lipinski definition) is 0. The van der Waals surface area contributed by atoms with Crippen LogP contribution in [0.5, 0.6) is 0 Å². The second-order valence-corrected chi connectivity index (χ2v) is 15.5. The zero-order valence-electron chi connectivity index (χ0n) is 16.3. The van der Waals surface area contributed by atoms with Crippen molar-refractivity contribution in [3.63, 3.8) is 0 Å². The molecule has 27 heavy (non-hydrogen) atoms. The van der Waals surface area contributed by atoms with Crippen LogP contribution in [-0.4, -0.2) is 8.07 Å². The molecule has 0 amide bonds. The van der Waals surface area contributed by atoms with E-state index in [9.17, 15) is 0 Å². The Labute approximate surface area is 179 Å². The third-order valence-electron chi connectivity index (χ3n) is 4.41. The van der Waals surface area contributed by atoms with Gasteiger partial charge in [0, 0.05) is 8.07 Å². The minimum Gasteiger partial charge on any atom is -0.147 e. The Balaban J connectivity index is 0.00000182. The van der Waals surface area contributed by atoms with Gasteiger partial charge >= 0.3 is 0 Å². The van der Waals surface area contributed by atoms with E-state index >= 15 is 0 Å². The molecule has 4 heteroatoms. The van der Waals surface area contributed by atoms with Crippen molar-refractivity contribution in [2.24, 2.45) is 0 Å². The van der Waals surface area contributed by atoms with E-state index in [4.69, 9.17) is 0 Å². The van der Waals surface area contributed by atoms with Gasteiger partial charge in [-0.25, -0.2) is 0 Å². The van der Waals surface area contributed by atoms with Crippen LogP contribution in [0.15, 0.2) is 84.9 Å². The average Bonchev–Trinajstić information content (AvgIpc) is 2.62.